The first-order valence-electron chi connectivity index (χ1n) is 7.11. The average Bonchev–Trinajstić information content (AvgIpc) is 2.35. The van der Waals surface area contributed by atoms with Crippen LogP contribution in [0.3, 0.4) is 0 Å². The molecule has 0 aliphatic rings. The molecule has 0 heterocycles. The first-order chi connectivity index (χ1) is 8.99. The zero-order chi connectivity index (χ0) is 14.3. The van der Waals surface area contributed by atoms with E-state index < -0.39 is 0 Å². The van der Waals surface area contributed by atoms with Crippen molar-refractivity contribution in [3.05, 3.63) is 35.4 Å². The summed E-state index contributed by atoms with van der Waals surface area (Å²) in [4.78, 5) is 2.28. The molecule has 1 unspecified atom stereocenters. The lowest BCUT2D eigenvalue weighted by Crippen LogP contribution is -2.27. The number of rotatable bonds is 8. The van der Waals surface area contributed by atoms with Crippen molar-refractivity contribution in [2.24, 2.45) is 5.73 Å². The third kappa shape index (κ3) is 6.71. The Labute approximate surface area is 117 Å². The van der Waals surface area contributed by atoms with Crippen molar-refractivity contribution >= 4 is 0 Å². The average molecular weight is 264 g/mol. The summed E-state index contributed by atoms with van der Waals surface area (Å²) < 4.78 is 5.55. The van der Waals surface area contributed by atoms with Crippen LogP contribution in [0.25, 0.3) is 0 Å². The van der Waals surface area contributed by atoms with Crippen LogP contribution in [0.4, 0.5) is 0 Å². The Hall–Kier alpha value is -0.900. The van der Waals surface area contributed by atoms with E-state index in [1.165, 1.54) is 11.1 Å². The monoisotopic (exact) mass is 264 g/mol. The van der Waals surface area contributed by atoms with Crippen molar-refractivity contribution in [3.63, 3.8) is 0 Å². The molecule has 0 spiro atoms. The summed E-state index contributed by atoms with van der Waals surface area (Å²) in [5, 5.41) is 0. The first-order valence-corrected chi connectivity index (χ1v) is 7.11. The normalized spacial score (nSPS) is 13.2. The number of aryl methyl sites for hydroxylation is 1. The summed E-state index contributed by atoms with van der Waals surface area (Å²) >= 11 is 0. The molecular formula is C16H28N2O. The summed E-state index contributed by atoms with van der Waals surface area (Å²) in [6.45, 7) is 8.97. The number of hydrogen-bond donors (Lipinski definition) is 1. The molecule has 0 aliphatic carbocycles. The fraction of sp³-hybridized carbons (Fsp3) is 0.625. The largest absolute Gasteiger partial charge is 0.377 e. The van der Waals surface area contributed by atoms with Gasteiger partial charge in [0.25, 0.3) is 0 Å². The lowest BCUT2D eigenvalue weighted by Gasteiger charge is -2.20. The highest BCUT2D eigenvalue weighted by Gasteiger charge is 2.08. The molecule has 0 amide bonds. The standard InChI is InChI=1S/C16H28N2O/c1-13(2)19-11-10-18(4)9-8-16(17)15-7-5-6-14(3)12-15/h5-7,12-13,16H,8-11,17H2,1-4H3. The third-order valence-corrected chi connectivity index (χ3v) is 3.22. The van der Waals surface area contributed by atoms with E-state index in [0.717, 1.165) is 26.1 Å². The van der Waals surface area contributed by atoms with Crippen LogP contribution in [0.5, 0.6) is 0 Å². The van der Waals surface area contributed by atoms with E-state index in [0.29, 0.717) is 6.10 Å². The van der Waals surface area contributed by atoms with Crippen molar-refractivity contribution in [1.82, 2.24) is 4.90 Å². The van der Waals surface area contributed by atoms with Crippen LogP contribution in [0.15, 0.2) is 24.3 Å². The molecule has 0 saturated carbocycles. The number of nitrogens with two attached hydrogens (primary N) is 1. The summed E-state index contributed by atoms with van der Waals surface area (Å²) in [6.07, 6.45) is 1.28. The molecule has 0 bridgehead atoms. The van der Waals surface area contributed by atoms with Gasteiger partial charge in [-0.2, -0.15) is 0 Å². The SMILES string of the molecule is Cc1cccc(C(N)CCN(C)CCOC(C)C)c1. The van der Waals surface area contributed by atoms with Crippen LogP contribution in [-0.4, -0.2) is 37.7 Å². The predicted octanol–water partition coefficient (Wildman–Crippen LogP) is 2.74. The molecule has 3 heteroatoms. The predicted molar refractivity (Wildman–Crippen MR) is 81.3 cm³/mol. The molecule has 19 heavy (non-hydrogen) atoms. The Morgan fingerprint density at radius 1 is 1.26 bits per heavy atom. The van der Waals surface area contributed by atoms with Crippen molar-refractivity contribution in [1.29, 1.82) is 0 Å². The number of likely N-dealkylation sites (N-methyl/N-ethyl adjacent to an activating group) is 1. The maximum atomic E-state index is 6.23. The van der Waals surface area contributed by atoms with Gasteiger partial charge >= 0.3 is 0 Å². The maximum absolute atomic E-state index is 6.23. The van der Waals surface area contributed by atoms with Gasteiger partial charge in [0.1, 0.15) is 0 Å². The van der Waals surface area contributed by atoms with E-state index in [9.17, 15) is 0 Å². The molecule has 3 nitrogen and oxygen atoms in total. The molecule has 2 N–H and O–H groups in total. The topological polar surface area (TPSA) is 38.5 Å². The summed E-state index contributed by atoms with van der Waals surface area (Å²) in [6, 6.07) is 8.58. The van der Waals surface area contributed by atoms with Crippen molar-refractivity contribution < 1.29 is 4.74 Å². The van der Waals surface area contributed by atoms with Crippen molar-refractivity contribution in [2.45, 2.75) is 39.3 Å². The Morgan fingerprint density at radius 2 is 2.00 bits per heavy atom. The highest BCUT2D eigenvalue weighted by atomic mass is 16.5. The maximum Gasteiger partial charge on any atom is 0.0596 e. The van der Waals surface area contributed by atoms with Gasteiger partial charge in [-0.25, -0.2) is 0 Å². The van der Waals surface area contributed by atoms with Gasteiger partial charge in [-0.3, -0.25) is 0 Å². The van der Waals surface area contributed by atoms with Crippen molar-refractivity contribution in [3.8, 4) is 0 Å². The molecule has 1 aromatic carbocycles. The molecule has 0 radical (unpaired) electrons. The molecule has 108 valence electrons. The fourth-order valence-corrected chi connectivity index (χ4v) is 1.98. The second kappa shape index (κ2) is 8.31. The van der Waals surface area contributed by atoms with Gasteiger partial charge < -0.3 is 15.4 Å². The molecule has 0 saturated heterocycles. The summed E-state index contributed by atoms with van der Waals surface area (Å²) in [5.74, 6) is 0. The quantitative estimate of drug-likeness (QED) is 0.784. The van der Waals surface area contributed by atoms with Crippen molar-refractivity contribution in [2.75, 3.05) is 26.7 Å². The minimum absolute atomic E-state index is 0.119. The highest BCUT2D eigenvalue weighted by Crippen LogP contribution is 2.15. The number of benzene rings is 1. The molecular weight excluding hydrogens is 236 g/mol. The Balaban J connectivity index is 2.27. The number of ether oxygens (including phenoxy) is 1. The smallest absolute Gasteiger partial charge is 0.0596 e. The van der Waals surface area contributed by atoms with Gasteiger partial charge in [0.2, 0.25) is 0 Å². The van der Waals surface area contributed by atoms with Gasteiger partial charge in [0.05, 0.1) is 12.7 Å². The molecule has 0 fully saturated rings. The van der Waals surface area contributed by atoms with E-state index in [2.05, 4.69) is 57.0 Å². The van der Waals surface area contributed by atoms with E-state index in [1.807, 2.05) is 0 Å². The lowest BCUT2D eigenvalue weighted by molar-refractivity contribution is 0.0634. The van der Waals surface area contributed by atoms with Gasteiger partial charge in [-0.1, -0.05) is 29.8 Å². The molecule has 1 rings (SSSR count). The van der Waals surface area contributed by atoms with Gasteiger partial charge in [0.15, 0.2) is 0 Å². The molecule has 1 aromatic rings. The fourth-order valence-electron chi connectivity index (χ4n) is 1.98. The lowest BCUT2D eigenvalue weighted by atomic mass is 10.0. The summed E-state index contributed by atoms with van der Waals surface area (Å²) in [5.41, 5.74) is 8.73. The van der Waals surface area contributed by atoms with Crippen LogP contribution in [-0.2, 0) is 4.74 Å². The van der Waals surface area contributed by atoms with Crippen LogP contribution in [0.1, 0.15) is 37.4 Å². The van der Waals surface area contributed by atoms with Crippen LogP contribution in [0.2, 0.25) is 0 Å². The van der Waals surface area contributed by atoms with E-state index in [1.54, 1.807) is 0 Å². The highest BCUT2D eigenvalue weighted by molar-refractivity contribution is 5.24. The zero-order valence-electron chi connectivity index (χ0n) is 12.7. The van der Waals surface area contributed by atoms with Crippen LogP contribution in [0, 0.1) is 6.92 Å². The second-order valence-corrected chi connectivity index (χ2v) is 5.53. The van der Waals surface area contributed by atoms with Gasteiger partial charge in [-0.15, -0.1) is 0 Å². The summed E-state index contributed by atoms with van der Waals surface area (Å²) in [7, 11) is 2.12. The third-order valence-electron chi connectivity index (χ3n) is 3.22. The Morgan fingerprint density at radius 3 is 2.63 bits per heavy atom. The molecule has 0 aliphatic heterocycles. The zero-order valence-corrected chi connectivity index (χ0v) is 12.7. The Bertz CT molecular complexity index is 366. The van der Waals surface area contributed by atoms with E-state index in [4.69, 9.17) is 10.5 Å². The number of nitrogens with zero attached hydrogens (tertiary/aromatic N) is 1. The molecule has 0 aromatic heterocycles. The van der Waals surface area contributed by atoms with Crippen LogP contribution < -0.4 is 5.73 Å². The second-order valence-electron chi connectivity index (χ2n) is 5.53. The molecule has 1 atom stereocenters. The van der Waals surface area contributed by atoms with Gasteiger partial charge in [0, 0.05) is 12.6 Å². The van der Waals surface area contributed by atoms with E-state index in [-0.39, 0.29) is 6.04 Å². The minimum Gasteiger partial charge on any atom is -0.377 e. The van der Waals surface area contributed by atoms with Crippen LogP contribution >= 0.6 is 0 Å². The number of hydrogen-bond acceptors (Lipinski definition) is 3. The van der Waals surface area contributed by atoms with Gasteiger partial charge in [-0.05, 0) is 46.3 Å². The minimum atomic E-state index is 0.119. The first kappa shape index (κ1) is 16.2. The van der Waals surface area contributed by atoms with E-state index >= 15 is 0 Å². The Kier molecular flexibility index (Phi) is 7.06.